The Labute approximate surface area is 179 Å². The Bertz CT molecular complexity index is 734. The number of aliphatic imine (C=N–C) groups is 1. The molecule has 3 heterocycles. The van der Waals surface area contributed by atoms with Crippen LogP contribution in [0.3, 0.4) is 0 Å². The van der Waals surface area contributed by atoms with Crippen molar-refractivity contribution in [1.29, 1.82) is 0 Å². The van der Waals surface area contributed by atoms with Crippen molar-refractivity contribution in [2.24, 2.45) is 4.99 Å². The van der Waals surface area contributed by atoms with Gasteiger partial charge >= 0.3 is 0 Å². The average molecular weight is 511 g/mol. The highest BCUT2D eigenvalue weighted by Gasteiger charge is 2.15. The number of aryl methyl sites for hydroxylation is 1. The van der Waals surface area contributed by atoms with Gasteiger partial charge in [0.15, 0.2) is 11.8 Å². The van der Waals surface area contributed by atoms with Gasteiger partial charge in [-0.3, -0.25) is 0 Å². The molecule has 0 saturated heterocycles. The van der Waals surface area contributed by atoms with E-state index in [1.165, 1.54) is 17.8 Å². The summed E-state index contributed by atoms with van der Waals surface area (Å²) in [5, 5.41) is 25.1. The maximum absolute atomic E-state index is 10.2. The smallest absolute Gasteiger partial charge is 0.191 e. The lowest BCUT2D eigenvalue weighted by Gasteiger charge is -2.15. The van der Waals surface area contributed by atoms with Crippen molar-refractivity contribution in [2.75, 3.05) is 13.1 Å². The summed E-state index contributed by atoms with van der Waals surface area (Å²) in [6.45, 7) is 4.54. The molecule has 0 amide bonds. The zero-order chi connectivity index (χ0) is 17.6. The molecule has 1 unspecified atom stereocenters. The Kier molecular flexibility index (Phi) is 8.58. The molecule has 1 atom stereocenters. The van der Waals surface area contributed by atoms with E-state index in [0.29, 0.717) is 23.4 Å². The van der Waals surface area contributed by atoms with E-state index in [2.05, 4.69) is 30.4 Å². The molecule has 3 rings (SSSR count). The second kappa shape index (κ2) is 10.4. The molecule has 1 aliphatic heterocycles. The molecule has 0 fully saturated rings. The molecule has 0 spiro atoms. The van der Waals surface area contributed by atoms with E-state index in [9.17, 15) is 5.11 Å². The average Bonchev–Trinajstić information content (AvgIpc) is 3.23. The molecular formula is C16H24ClIN6OS. The van der Waals surface area contributed by atoms with Crippen LogP contribution in [0.5, 0.6) is 0 Å². The van der Waals surface area contributed by atoms with Gasteiger partial charge in [0.1, 0.15) is 18.5 Å². The van der Waals surface area contributed by atoms with Gasteiger partial charge in [0.25, 0.3) is 0 Å². The first-order valence-electron chi connectivity index (χ1n) is 8.53. The number of guanidine groups is 1. The van der Waals surface area contributed by atoms with Gasteiger partial charge in [0.05, 0.1) is 4.34 Å². The van der Waals surface area contributed by atoms with Crippen molar-refractivity contribution < 1.29 is 5.11 Å². The van der Waals surface area contributed by atoms with Crippen LogP contribution in [-0.4, -0.2) is 38.9 Å². The van der Waals surface area contributed by atoms with E-state index in [4.69, 9.17) is 11.6 Å². The van der Waals surface area contributed by atoms with Crippen molar-refractivity contribution >= 4 is 52.9 Å². The predicted octanol–water partition coefficient (Wildman–Crippen LogP) is 2.74. The lowest BCUT2D eigenvalue weighted by molar-refractivity contribution is 0.184. The van der Waals surface area contributed by atoms with Crippen LogP contribution >= 0.6 is 46.9 Å². The third-order valence-electron chi connectivity index (χ3n) is 4.04. The van der Waals surface area contributed by atoms with Gasteiger partial charge in [-0.05, 0) is 31.9 Å². The van der Waals surface area contributed by atoms with E-state index in [0.717, 1.165) is 42.5 Å². The number of halogens is 2. The van der Waals surface area contributed by atoms with Gasteiger partial charge < -0.3 is 20.3 Å². The van der Waals surface area contributed by atoms with Crippen molar-refractivity contribution in [3.63, 3.8) is 0 Å². The van der Waals surface area contributed by atoms with Crippen molar-refractivity contribution in [3.8, 4) is 0 Å². The van der Waals surface area contributed by atoms with Crippen LogP contribution in [0.15, 0.2) is 17.1 Å². The molecule has 26 heavy (non-hydrogen) atoms. The molecule has 0 aromatic carbocycles. The summed E-state index contributed by atoms with van der Waals surface area (Å²) >= 11 is 7.30. The number of aliphatic hydroxyl groups is 1. The van der Waals surface area contributed by atoms with Gasteiger partial charge in [-0.25, -0.2) is 4.99 Å². The molecule has 2 aromatic heterocycles. The fourth-order valence-electron chi connectivity index (χ4n) is 2.78. The normalized spacial score (nSPS) is 15.1. The molecule has 0 bridgehead atoms. The van der Waals surface area contributed by atoms with Crippen LogP contribution < -0.4 is 10.6 Å². The Balaban J connectivity index is 0.00000243. The van der Waals surface area contributed by atoms with Crippen LogP contribution in [0.2, 0.25) is 4.34 Å². The molecule has 7 nitrogen and oxygen atoms in total. The first-order valence-corrected chi connectivity index (χ1v) is 9.73. The minimum absolute atomic E-state index is 0. The van der Waals surface area contributed by atoms with Gasteiger partial charge in [0.2, 0.25) is 0 Å². The van der Waals surface area contributed by atoms with Crippen LogP contribution in [0.25, 0.3) is 0 Å². The number of hydrogen-bond acceptors (Lipinski definition) is 5. The molecule has 1 aliphatic rings. The molecule has 0 saturated carbocycles. The van der Waals surface area contributed by atoms with Crippen LogP contribution in [-0.2, 0) is 19.5 Å². The lowest BCUT2D eigenvalue weighted by atomic mass is 10.2. The van der Waals surface area contributed by atoms with Gasteiger partial charge in [-0.1, -0.05) is 11.6 Å². The summed E-state index contributed by atoms with van der Waals surface area (Å²) in [6, 6.07) is 3.63. The molecule has 0 aliphatic carbocycles. The zero-order valence-corrected chi connectivity index (χ0v) is 18.5. The van der Waals surface area contributed by atoms with Crippen LogP contribution in [0.4, 0.5) is 0 Å². The highest BCUT2D eigenvalue weighted by molar-refractivity contribution is 14.0. The lowest BCUT2D eigenvalue weighted by Crippen LogP contribution is -2.39. The van der Waals surface area contributed by atoms with Crippen molar-refractivity contribution in [3.05, 3.63) is 33.0 Å². The molecule has 10 heteroatoms. The fourth-order valence-corrected chi connectivity index (χ4v) is 3.83. The zero-order valence-electron chi connectivity index (χ0n) is 14.6. The van der Waals surface area contributed by atoms with E-state index < -0.39 is 6.10 Å². The number of rotatable bonds is 6. The largest absolute Gasteiger partial charge is 0.386 e. The quantitative estimate of drug-likeness (QED) is 0.316. The van der Waals surface area contributed by atoms with Crippen LogP contribution in [0, 0.1) is 0 Å². The summed E-state index contributed by atoms with van der Waals surface area (Å²) < 4.78 is 2.84. The molecule has 0 radical (unpaired) electrons. The summed E-state index contributed by atoms with van der Waals surface area (Å²) in [5.74, 6) is 2.59. The van der Waals surface area contributed by atoms with Crippen molar-refractivity contribution in [2.45, 2.75) is 45.4 Å². The monoisotopic (exact) mass is 510 g/mol. The molecule has 2 aromatic rings. The van der Waals surface area contributed by atoms with Gasteiger partial charge in [-0.2, -0.15) is 0 Å². The number of fused-ring (bicyclic) bond motifs is 1. The fraction of sp³-hybridized carbons (Fsp3) is 0.562. The summed E-state index contributed by atoms with van der Waals surface area (Å²) in [6.07, 6.45) is 2.71. The predicted molar refractivity (Wildman–Crippen MR) is 115 cm³/mol. The van der Waals surface area contributed by atoms with Gasteiger partial charge in [0, 0.05) is 30.9 Å². The van der Waals surface area contributed by atoms with Gasteiger partial charge in [-0.15, -0.1) is 45.5 Å². The second-order valence-corrected chi connectivity index (χ2v) is 7.62. The molecular weight excluding hydrogens is 487 g/mol. The Morgan fingerprint density at radius 1 is 1.38 bits per heavy atom. The van der Waals surface area contributed by atoms with Crippen molar-refractivity contribution in [1.82, 2.24) is 25.4 Å². The Morgan fingerprint density at radius 2 is 2.23 bits per heavy atom. The molecule has 3 N–H and O–H groups in total. The SMILES string of the molecule is CCNC(=NCc1nnc2n1CCCC2)NCC(O)c1ccc(Cl)s1.I. The number of aromatic nitrogens is 3. The topological polar surface area (TPSA) is 87.4 Å². The van der Waals surface area contributed by atoms with Crippen LogP contribution in [0.1, 0.15) is 42.4 Å². The minimum atomic E-state index is -0.623. The first kappa shape index (κ1) is 21.4. The Hall–Kier alpha value is -0.910. The maximum atomic E-state index is 10.2. The number of hydrogen-bond donors (Lipinski definition) is 3. The van der Waals surface area contributed by atoms with E-state index in [1.807, 2.05) is 13.0 Å². The highest BCUT2D eigenvalue weighted by Crippen LogP contribution is 2.26. The number of thiophene rings is 1. The second-order valence-electron chi connectivity index (χ2n) is 5.87. The maximum Gasteiger partial charge on any atom is 0.191 e. The van der Waals surface area contributed by atoms with E-state index >= 15 is 0 Å². The van der Waals surface area contributed by atoms with E-state index in [1.54, 1.807) is 6.07 Å². The van der Waals surface area contributed by atoms with E-state index in [-0.39, 0.29) is 24.0 Å². The highest BCUT2D eigenvalue weighted by atomic mass is 127. The summed E-state index contributed by atoms with van der Waals surface area (Å²) in [4.78, 5) is 5.41. The number of aliphatic hydroxyl groups excluding tert-OH is 1. The minimum Gasteiger partial charge on any atom is -0.386 e. The third-order valence-corrected chi connectivity index (χ3v) is 5.38. The number of nitrogens with zero attached hydrogens (tertiary/aromatic N) is 4. The molecule has 144 valence electrons. The third kappa shape index (κ3) is 5.54. The summed E-state index contributed by atoms with van der Waals surface area (Å²) in [7, 11) is 0. The summed E-state index contributed by atoms with van der Waals surface area (Å²) in [5.41, 5.74) is 0. The number of nitrogens with one attached hydrogen (secondary N) is 2. The standard InChI is InChI=1S/C16H23ClN6OS.HI/c1-2-18-16(19-9-11(24)12-6-7-13(17)25-12)20-10-15-22-21-14-5-3-4-8-23(14)15;/h6-7,11,24H,2-5,8-10H2,1H3,(H2,18,19,20);1H. The first-order chi connectivity index (χ1) is 12.2. The Morgan fingerprint density at radius 3 is 2.96 bits per heavy atom.